The summed E-state index contributed by atoms with van der Waals surface area (Å²) in [4.78, 5) is 17.3. The number of rotatable bonds is 6. The quantitative estimate of drug-likeness (QED) is 0.804. The maximum atomic E-state index is 11.6. The summed E-state index contributed by atoms with van der Waals surface area (Å²) in [5.74, 6) is 0. The Bertz CT molecular complexity index is 678. The van der Waals surface area contributed by atoms with E-state index in [1.165, 1.54) is 4.90 Å². The van der Waals surface area contributed by atoms with Crippen molar-refractivity contribution < 1.29 is 15.0 Å². The van der Waals surface area contributed by atoms with Gasteiger partial charge in [-0.25, -0.2) is 4.79 Å². The van der Waals surface area contributed by atoms with Gasteiger partial charge in [0.25, 0.3) is 0 Å². The number of amides is 1. The fraction of sp³-hybridized carbons (Fsp3) is 0.294. The van der Waals surface area contributed by atoms with Crippen molar-refractivity contribution in [2.45, 2.75) is 26.0 Å². The number of aromatic nitrogens is 1. The fourth-order valence-corrected chi connectivity index (χ4v) is 2.82. The molecule has 0 aliphatic heterocycles. The third-order valence-electron chi connectivity index (χ3n) is 3.66. The second-order valence-electron chi connectivity index (χ2n) is 5.24. The smallest absolute Gasteiger partial charge is 0.407 e. The highest BCUT2D eigenvalue weighted by atomic mass is 79.9. The van der Waals surface area contributed by atoms with Gasteiger partial charge in [-0.15, -0.1) is 0 Å². The summed E-state index contributed by atoms with van der Waals surface area (Å²) in [5, 5.41) is 18.7. The van der Waals surface area contributed by atoms with Crippen LogP contribution in [-0.4, -0.2) is 32.7 Å². The molecule has 2 rings (SSSR count). The lowest BCUT2D eigenvalue weighted by atomic mass is 10.1. The van der Waals surface area contributed by atoms with Gasteiger partial charge in [-0.1, -0.05) is 34.1 Å². The summed E-state index contributed by atoms with van der Waals surface area (Å²) < 4.78 is 0.974. The summed E-state index contributed by atoms with van der Waals surface area (Å²) in [6.07, 6.45) is -0.362. The molecule has 0 spiro atoms. The molecule has 1 atom stereocenters. The van der Waals surface area contributed by atoms with Gasteiger partial charge in [-0.05, 0) is 43.2 Å². The molecule has 2 N–H and O–H groups in total. The first kappa shape index (κ1) is 17.4. The second-order valence-corrected chi connectivity index (χ2v) is 6.16. The van der Waals surface area contributed by atoms with Crippen molar-refractivity contribution in [3.8, 4) is 0 Å². The van der Waals surface area contributed by atoms with Gasteiger partial charge in [-0.3, -0.25) is 9.88 Å². The van der Waals surface area contributed by atoms with Crippen molar-refractivity contribution in [1.29, 1.82) is 0 Å². The molecule has 1 aromatic heterocycles. The predicted octanol–water partition coefficient (Wildman–Crippen LogP) is 3.62. The molecule has 1 amide bonds. The van der Waals surface area contributed by atoms with Gasteiger partial charge in [0.05, 0.1) is 24.0 Å². The Kier molecular flexibility index (Phi) is 6.12. The zero-order valence-corrected chi connectivity index (χ0v) is 14.4. The van der Waals surface area contributed by atoms with Crippen LogP contribution in [0.15, 0.2) is 46.9 Å². The highest BCUT2D eigenvalue weighted by Crippen LogP contribution is 2.20. The minimum atomic E-state index is -0.983. The highest BCUT2D eigenvalue weighted by Gasteiger charge is 2.21. The minimum absolute atomic E-state index is 0.161. The summed E-state index contributed by atoms with van der Waals surface area (Å²) in [7, 11) is 0. The Balaban J connectivity index is 2.12. The Morgan fingerprint density at radius 2 is 2.04 bits per heavy atom. The molecule has 2 aromatic rings. The summed E-state index contributed by atoms with van der Waals surface area (Å²) in [6.45, 7) is 2.02. The van der Waals surface area contributed by atoms with Gasteiger partial charge in [0.1, 0.15) is 0 Å². The molecule has 122 valence electrons. The zero-order valence-electron chi connectivity index (χ0n) is 12.8. The first-order valence-corrected chi connectivity index (χ1v) is 8.11. The van der Waals surface area contributed by atoms with Crippen molar-refractivity contribution in [1.82, 2.24) is 9.88 Å². The number of halogens is 1. The van der Waals surface area contributed by atoms with Crippen LogP contribution in [0.5, 0.6) is 0 Å². The Morgan fingerprint density at radius 3 is 2.70 bits per heavy atom. The van der Waals surface area contributed by atoms with E-state index in [0.29, 0.717) is 24.4 Å². The maximum Gasteiger partial charge on any atom is 0.407 e. The molecule has 23 heavy (non-hydrogen) atoms. The predicted molar refractivity (Wildman–Crippen MR) is 91.2 cm³/mol. The topological polar surface area (TPSA) is 73.7 Å². The van der Waals surface area contributed by atoms with Crippen LogP contribution in [0.2, 0.25) is 0 Å². The Morgan fingerprint density at radius 1 is 1.30 bits per heavy atom. The molecule has 1 aromatic carbocycles. The molecule has 0 aliphatic rings. The molecule has 1 unspecified atom stereocenters. The number of nitrogens with zero attached hydrogens (tertiary/aromatic N) is 2. The fourth-order valence-electron chi connectivity index (χ4n) is 2.38. The average Bonchev–Trinajstić information content (AvgIpc) is 2.54. The van der Waals surface area contributed by atoms with E-state index in [0.717, 1.165) is 10.0 Å². The highest BCUT2D eigenvalue weighted by molar-refractivity contribution is 9.10. The lowest BCUT2D eigenvalue weighted by Gasteiger charge is -2.26. The van der Waals surface area contributed by atoms with Crippen LogP contribution in [0, 0.1) is 0 Å². The number of benzene rings is 1. The molecule has 0 bridgehead atoms. The van der Waals surface area contributed by atoms with Crippen molar-refractivity contribution in [2.24, 2.45) is 0 Å². The average molecular weight is 379 g/mol. The third-order valence-corrected chi connectivity index (χ3v) is 4.16. The lowest BCUT2D eigenvalue weighted by molar-refractivity contribution is 0.127. The van der Waals surface area contributed by atoms with Crippen LogP contribution in [0.1, 0.15) is 29.9 Å². The molecule has 1 heterocycles. The van der Waals surface area contributed by atoms with E-state index in [4.69, 9.17) is 0 Å². The number of hydrogen-bond acceptors (Lipinski definition) is 3. The van der Waals surface area contributed by atoms with Gasteiger partial charge in [0.15, 0.2) is 0 Å². The largest absolute Gasteiger partial charge is 0.465 e. The van der Waals surface area contributed by atoms with Crippen molar-refractivity contribution in [3.05, 3.63) is 63.9 Å². The monoisotopic (exact) mass is 378 g/mol. The third kappa shape index (κ3) is 4.77. The number of aliphatic hydroxyl groups is 1. The Hall–Kier alpha value is -1.92. The van der Waals surface area contributed by atoms with E-state index in [-0.39, 0.29) is 12.6 Å². The number of hydrogen-bond donors (Lipinski definition) is 2. The molecule has 0 saturated heterocycles. The van der Waals surface area contributed by atoms with Crippen molar-refractivity contribution in [3.63, 3.8) is 0 Å². The first-order valence-electron chi connectivity index (χ1n) is 7.32. The zero-order chi connectivity index (χ0) is 16.8. The van der Waals surface area contributed by atoms with Crippen LogP contribution in [0.3, 0.4) is 0 Å². The standard InChI is InChI=1S/C17H19BrN2O3/c1-12(16-7-3-6-15(11-21)19-16)20(17(22)23)9-8-13-4-2-5-14(18)10-13/h2-7,10,12,21H,8-9,11H2,1H3,(H,22,23). The molecule has 0 aliphatic carbocycles. The van der Waals surface area contributed by atoms with Crippen LogP contribution in [0.25, 0.3) is 0 Å². The van der Waals surface area contributed by atoms with Crippen molar-refractivity contribution >= 4 is 22.0 Å². The van der Waals surface area contributed by atoms with Crippen molar-refractivity contribution in [2.75, 3.05) is 6.54 Å². The summed E-state index contributed by atoms with van der Waals surface area (Å²) in [6, 6.07) is 12.7. The van der Waals surface area contributed by atoms with Gasteiger partial charge in [0.2, 0.25) is 0 Å². The molecule has 5 nitrogen and oxygen atoms in total. The van der Waals surface area contributed by atoms with E-state index in [2.05, 4.69) is 20.9 Å². The van der Waals surface area contributed by atoms with E-state index in [1.54, 1.807) is 25.1 Å². The number of pyridine rings is 1. The normalized spacial score (nSPS) is 12.0. The lowest BCUT2D eigenvalue weighted by Crippen LogP contribution is -2.34. The van der Waals surface area contributed by atoms with Crippen LogP contribution < -0.4 is 0 Å². The molecular weight excluding hydrogens is 360 g/mol. The van der Waals surface area contributed by atoms with Crippen LogP contribution in [0.4, 0.5) is 4.79 Å². The number of aliphatic hydroxyl groups excluding tert-OH is 1. The maximum absolute atomic E-state index is 11.6. The van der Waals surface area contributed by atoms with E-state index in [1.807, 2.05) is 24.3 Å². The minimum Gasteiger partial charge on any atom is -0.465 e. The van der Waals surface area contributed by atoms with Crippen LogP contribution in [-0.2, 0) is 13.0 Å². The molecule has 0 fully saturated rings. The first-order chi connectivity index (χ1) is 11.0. The second kappa shape index (κ2) is 8.08. The SMILES string of the molecule is CC(c1cccc(CO)n1)N(CCc1cccc(Br)c1)C(=O)O. The van der Waals surface area contributed by atoms with E-state index in [9.17, 15) is 15.0 Å². The summed E-state index contributed by atoms with van der Waals surface area (Å²) in [5.41, 5.74) is 2.23. The molecule has 0 radical (unpaired) electrons. The number of carbonyl (C=O) groups is 1. The Labute approximate surface area is 143 Å². The van der Waals surface area contributed by atoms with Gasteiger partial charge >= 0.3 is 6.09 Å². The van der Waals surface area contributed by atoms with E-state index >= 15 is 0 Å². The van der Waals surface area contributed by atoms with Crippen LogP contribution >= 0.6 is 15.9 Å². The molecular formula is C17H19BrN2O3. The van der Waals surface area contributed by atoms with E-state index < -0.39 is 6.09 Å². The van der Waals surface area contributed by atoms with Gasteiger partial charge in [-0.2, -0.15) is 0 Å². The summed E-state index contributed by atoms with van der Waals surface area (Å²) >= 11 is 3.42. The molecule has 6 heteroatoms. The van der Waals surface area contributed by atoms with Gasteiger partial charge < -0.3 is 10.2 Å². The number of carboxylic acid groups (broad SMARTS) is 1. The van der Waals surface area contributed by atoms with Gasteiger partial charge in [0, 0.05) is 11.0 Å². The molecule has 0 saturated carbocycles.